The van der Waals surface area contributed by atoms with Crippen molar-refractivity contribution in [1.82, 2.24) is 4.57 Å². The molecule has 4 nitrogen and oxygen atoms in total. The molecular formula is C14H12ClNO3. The standard InChI is InChI=1S/C14H12ClNO3/c15-9-3-4-11-10(5-9)13(17)6-12(14(18)19)16(11)7-8-1-2-8/h3-6,8H,1-2,7H2,(H,18,19). The summed E-state index contributed by atoms with van der Waals surface area (Å²) in [6.07, 6.45) is 2.22. The topological polar surface area (TPSA) is 59.3 Å². The van der Waals surface area contributed by atoms with Gasteiger partial charge in [0.2, 0.25) is 0 Å². The fourth-order valence-electron chi connectivity index (χ4n) is 2.28. The zero-order chi connectivity index (χ0) is 13.6. The molecule has 0 radical (unpaired) electrons. The Morgan fingerprint density at radius 3 is 2.74 bits per heavy atom. The van der Waals surface area contributed by atoms with E-state index in [1.54, 1.807) is 22.8 Å². The Kier molecular flexibility index (Phi) is 2.82. The molecule has 1 aromatic heterocycles. The van der Waals surface area contributed by atoms with E-state index < -0.39 is 5.97 Å². The van der Waals surface area contributed by atoms with Gasteiger partial charge >= 0.3 is 5.97 Å². The second-order valence-corrected chi connectivity index (χ2v) is 5.35. The van der Waals surface area contributed by atoms with Crippen LogP contribution in [0, 0.1) is 5.92 Å². The number of hydrogen-bond acceptors (Lipinski definition) is 2. The first-order valence-electron chi connectivity index (χ1n) is 6.12. The van der Waals surface area contributed by atoms with E-state index in [1.165, 1.54) is 6.07 Å². The van der Waals surface area contributed by atoms with Crippen molar-refractivity contribution < 1.29 is 9.90 Å². The van der Waals surface area contributed by atoms with E-state index in [4.69, 9.17) is 11.6 Å². The molecule has 0 spiro atoms. The van der Waals surface area contributed by atoms with Crippen molar-refractivity contribution in [3.63, 3.8) is 0 Å². The Labute approximate surface area is 114 Å². The molecule has 0 bridgehead atoms. The molecule has 2 aromatic rings. The molecule has 1 aliphatic rings. The summed E-state index contributed by atoms with van der Waals surface area (Å²) >= 11 is 5.90. The summed E-state index contributed by atoms with van der Waals surface area (Å²) in [7, 11) is 0. The van der Waals surface area contributed by atoms with E-state index in [1.807, 2.05) is 0 Å². The predicted molar refractivity (Wildman–Crippen MR) is 72.9 cm³/mol. The van der Waals surface area contributed by atoms with Crippen molar-refractivity contribution in [3.05, 3.63) is 45.2 Å². The summed E-state index contributed by atoms with van der Waals surface area (Å²) in [5.41, 5.74) is 0.384. The molecule has 98 valence electrons. The van der Waals surface area contributed by atoms with Gasteiger partial charge in [0.05, 0.1) is 5.52 Å². The van der Waals surface area contributed by atoms with Gasteiger partial charge in [0, 0.05) is 23.0 Å². The lowest BCUT2D eigenvalue weighted by molar-refractivity contribution is 0.0684. The minimum atomic E-state index is -1.07. The molecule has 1 aliphatic carbocycles. The number of benzene rings is 1. The maximum absolute atomic E-state index is 12.0. The van der Waals surface area contributed by atoms with E-state index in [9.17, 15) is 14.7 Å². The van der Waals surface area contributed by atoms with Crippen molar-refractivity contribution in [2.24, 2.45) is 5.92 Å². The van der Waals surface area contributed by atoms with Crippen LogP contribution in [0.3, 0.4) is 0 Å². The highest BCUT2D eigenvalue weighted by atomic mass is 35.5. The predicted octanol–water partition coefficient (Wildman–Crippen LogP) is 2.76. The third-order valence-electron chi connectivity index (χ3n) is 3.43. The van der Waals surface area contributed by atoms with Crippen LogP contribution in [0.5, 0.6) is 0 Å². The highest BCUT2D eigenvalue weighted by Crippen LogP contribution is 2.32. The van der Waals surface area contributed by atoms with Gasteiger partial charge in [-0.05, 0) is 37.0 Å². The van der Waals surface area contributed by atoms with Gasteiger partial charge in [-0.2, -0.15) is 0 Å². The Balaban J connectivity index is 2.32. The second-order valence-electron chi connectivity index (χ2n) is 4.91. The van der Waals surface area contributed by atoms with Crippen LogP contribution in [-0.2, 0) is 6.54 Å². The third kappa shape index (κ3) is 2.24. The molecule has 1 N–H and O–H groups in total. The normalized spacial score (nSPS) is 14.8. The van der Waals surface area contributed by atoms with Gasteiger partial charge in [0.25, 0.3) is 0 Å². The van der Waals surface area contributed by atoms with Crippen molar-refractivity contribution in [2.45, 2.75) is 19.4 Å². The number of carbonyl (C=O) groups is 1. The molecule has 5 heteroatoms. The average Bonchev–Trinajstić information content (AvgIpc) is 3.16. The average molecular weight is 278 g/mol. The summed E-state index contributed by atoms with van der Waals surface area (Å²) in [6.45, 7) is 0.639. The van der Waals surface area contributed by atoms with Crippen LogP contribution >= 0.6 is 11.6 Å². The second kappa shape index (κ2) is 4.38. The molecule has 0 saturated heterocycles. The highest BCUT2D eigenvalue weighted by molar-refractivity contribution is 6.31. The minimum absolute atomic E-state index is 0.0479. The summed E-state index contributed by atoms with van der Waals surface area (Å²) < 4.78 is 1.72. The lowest BCUT2D eigenvalue weighted by Gasteiger charge is -2.14. The number of aromatic carboxylic acids is 1. The number of carboxylic acid groups (broad SMARTS) is 1. The van der Waals surface area contributed by atoms with Crippen LogP contribution in [-0.4, -0.2) is 15.6 Å². The van der Waals surface area contributed by atoms with Gasteiger partial charge in [-0.1, -0.05) is 11.6 Å². The van der Waals surface area contributed by atoms with Crippen LogP contribution < -0.4 is 5.43 Å². The smallest absolute Gasteiger partial charge is 0.352 e. The zero-order valence-electron chi connectivity index (χ0n) is 10.1. The van der Waals surface area contributed by atoms with E-state index in [0.29, 0.717) is 28.4 Å². The van der Waals surface area contributed by atoms with Crippen molar-refractivity contribution in [1.29, 1.82) is 0 Å². The largest absolute Gasteiger partial charge is 0.477 e. The molecule has 1 aromatic carbocycles. The number of nitrogens with zero attached hydrogens (tertiary/aromatic N) is 1. The monoisotopic (exact) mass is 277 g/mol. The lowest BCUT2D eigenvalue weighted by Crippen LogP contribution is -2.18. The molecule has 3 rings (SSSR count). The molecule has 0 amide bonds. The van der Waals surface area contributed by atoms with Crippen molar-refractivity contribution in [2.75, 3.05) is 0 Å². The van der Waals surface area contributed by atoms with E-state index in [0.717, 1.165) is 12.8 Å². The third-order valence-corrected chi connectivity index (χ3v) is 3.67. The molecule has 1 heterocycles. The fraction of sp³-hybridized carbons (Fsp3) is 0.286. The van der Waals surface area contributed by atoms with Crippen LogP contribution in [0.25, 0.3) is 10.9 Å². The van der Waals surface area contributed by atoms with Crippen molar-refractivity contribution in [3.8, 4) is 0 Å². The maximum atomic E-state index is 12.0. The lowest BCUT2D eigenvalue weighted by atomic mass is 10.1. The summed E-state index contributed by atoms with van der Waals surface area (Å²) in [6, 6.07) is 6.17. The first kappa shape index (κ1) is 12.2. The number of carboxylic acids is 1. The quantitative estimate of drug-likeness (QED) is 0.938. The molecule has 19 heavy (non-hydrogen) atoms. The van der Waals surface area contributed by atoms with Gasteiger partial charge in [0.15, 0.2) is 5.43 Å². The summed E-state index contributed by atoms with van der Waals surface area (Å²) in [4.78, 5) is 23.3. The SMILES string of the molecule is O=C(O)c1cc(=O)c2cc(Cl)ccc2n1CC1CC1. The molecule has 1 saturated carbocycles. The number of halogens is 1. The number of hydrogen-bond donors (Lipinski definition) is 1. The summed E-state index contributed by atoms with van der Waals surface area (Å²) in [5, 5.41) is 10.2. The van der Waals surface area contributed by atoms with Gasteiger partial charge in [-0.15, -0.1) is 0 Å². The fourth-order valence-corrected chi connectivity index (χ4v) is 2.46. The number of aromatic nitrogens is 1. The van der Waals surface area contributed by atoms with Crippen LogP contribution in [0.1, 0.15) is 23.3 Å². The van der Waals surface area contributed by atoms with Crippen LogP contribution in [0.4, 0.5) is 0 Å². The number of rotatable bonds is 3. The molecular weight excluding hydrogens is 266 g/mol. The first-order chi connectivity index (χ1) is 9.06. The van der Waals surface area contributed by atoms with Gasteiger partial charge < -0.3 is 9.67 Å². The molecule has 0 unspecified atom stereocenters. The van der Waals surface area contributed by atoms with E-state index in [2.05, 4.69) is 0 Å². The number of pyridine rings is 1. The minimum Gasteiger partial charge on any atom is -0.477 e. The Morgan fingerprint density at radius 2 is 2.11 bits per heavy atom. The van der Waals surface area contributed by atoms with Gasteiger partial charge in [-0.25, -0.2) is 4.79 Å². The molecule has 0 aliphatic heterocycles. The number of fused-ring (bicyclic) bond motifs is 1. The Morgan fingerprint density at radius 1 is 1.37 bits per heavy atom. The Hall–Kier alpha value is -1.81. The van der Waals surface area contributed by atoms with E-state index >= 15 is 0 Å². The zero-order valence-corrected chi connectivity index (χ0v) is 10.9. The molecule has 0 atom stereocenters. The van der Waals surface area contributed by atoms with Crippen LogP contribution in [0.15, 0.2) is 29.1 Å². The van der Waals surface area contributed by atoms with Crippen molar-refractivity contribution >= 4 is 28.5 Å². The maximum Gasteiger partial charge on any atom is 0.352 e. The molecule has 1 fully saturated rings. The summed E-state index contributed by atoms with van der Waals surface area (Å²) in [5.74, 6) is -0.561. The van der Waals surface area contributed by atoms with Crippen LogP contribution in [0.2, 0.25) is 5.02 Å². The highest BCUT2D eigenvalue weighted by Gasteiger charge is 2.25. The van der Waals surface area contributed by atoms with E-state index in [-0.39, 0.29) is 11.1 Å². The van der Waals surface area contributed by atoms with Gasteiger partial charge in [0.1, 0.15) is 5.69 Å². The first-order valence-corrected chi connectivity index (χ1v) is 6.50. The van der Waals surface area contributed by atoms with Gasteiger partial charge in [-0.3, -0.25) is 4.79 Å². The Bertz CT molecular complexity index is 731.